The minimum atomic E-state index is -1.00. The topological polar surface area (TPSA) is 96.4 Å². The summed E-state index contributed by atoms with van der Waals surface area (Å²) in [7, 11) is 1.35. The van der Waals surface area contributed by atoms with Gasteiger partial charge < -0.3 is 24.4 Å². The van der Waals surface area contributed by atoms with Gasteiger partial charge >= 0.3 is 12.1 Å². The molecule has 2 rings (SSSR count). The maximum absolute atomic E-state index is 12.9. The fourth-order valence-corrected chi connectivity index (χ4v) is 4.79. The molecule has 1 atom stereocenters. The third kappa shape index (κ3) is 5.21. The average Bonchev–Trinajstić information content (AvgIpc) is 2.68. The molecule has 2 aliphatic heterocycles. The van der Waals surface area contributed by atoms with Gasteiger partial charge in [-0.15, -0.1) is 0 Å². The van der Waals surface area contributed by atoms with Crippen LogP contribution in [0.5, 0.6) is 0 Å². The largest absolute Gasteiger partial charge is 0.469 e. The molecule has 166 valence electrons. The highest BCUT2D eigenvalue weighted by molar-refractivity contribution is 5.78. The Balaban J connectivity index is 2.13. The molecular weight excluding hydrogens is 376 g/mol. The van der Waals surface area contributed by atoms with Gasteiger partial charge in [-0.3, -0.25) is 9.59 Å². The van der Waals surface area contributed by atoms with E-state index in [-0.39, 0.29) is 30.4 Å². The number of aliphatic hydroxyl groups is 1. The van der Waals surface area contributed by atoms with E-state index in [4.69, 9.17) is 9.47 Å². The summed E-state index contributed by atoms with van der Waals surface area (Å²) in [5.74, 6) is -0.514. The zero-order valence-electron chi connectivity index (χ0n) is 18.4. The molecule has 1 N–H and O–H groups in total. The van der Waals surface area contributed by atoms with Crippen LogP contribution in [0.3, 0.4) is 0 Å². The predicted molar refractivity (Wildman–Crippen MR) is 107 cm³/mol. The quantitative estimate of drug-likeness (QED) is 0.710. The molecule has 0 saturated carbocycles. The molecule has 2 heterocycles. The summed E-state index contributed by atoms with van der Waals surface area (Å²) in [6.07, 6.45) is 2.16. The summed E-state index contributed by atoms with van der Waals surface area (Å²) in [4.78, 5) is 40.4. The van der Waals surface area contributed by atoms with Gasteiger partial charge in [0.15, 0.2) is 0 Å². The first-order valence-electron chi connectivity index (χ1n) is 10.5. The second-order valence-corrected chi connectivity index (χ2v) is 9.21. The van der Waals surface area contributed by atoms with Crippen molar-refractivity contribution in [2.45, 2.75) is 59.0 Å². The number of methoxy groups -OCH3 is 1. The number of ether oxygens (including phenoxy) is 2. The number of aliphatic hydroxyl groups excluding tert-OH is 1. The van der Waals surface area contributed by atoms with Crippen molar-refractivity contribution in [3.8, 4) is 0 Å². The fraction of sp³-hybridized carbons (Fsp3) is 0.857. The first kappa shape index (κ1) is 23.4. The van der Waals surface area contributed by atoms with Crippen molar-refractivity contribution in [1.29, 1.82) is 0 Å². The summed E-state index contributed by atoms with van der Waals surface area (Å²) < 4.78 is 10.6. The van der Waals surface area contributed by atoms with Crippen molar-refractivity contribution < 1.29 is 29.0 Å². The third-order valence-electron chi connectivity index (χ3n) is 6.37. The van der Waals surface area contributed by atoms with Crippen LogP contribution >= 0.6 is 0 Å². The standard InChI is InChI=1S/C21H36N2O6/c1-15(25)22-10-6-16(7-11-22)21(14-24,18(26)28-5)17-8-12-23(13-9-17)19(27)29-20(2,3)4/h16-17,24H,6-14H2,1-5H3. The monoisotopic (exact) mass is 412 g/mol. The number of carbonyl (C=O) groups is 3. The molecule has 0 aromatic heterocycles. The number of amides is 2. The van der Waals surface area contributed by atoms with E-state index in [0.717, 1.165) is 0 Å². The first-order chi connectivity index (χ1) is 13.5. The fourth-order valence-electron chi connectivity index (χ4n) is 4.79. The lowest BCUT2D eigenvalue weighted by molar-refractivity contribution is -0.170. The highest BCUT2D eigenvalue weighted by Gasteiger charge is 2.53. The maximum Gasteiger partial charge on any atom is 0.410 e. The Morgan fingerprint density at radius 3 is 1.72 bits per heavy atom. The van der Waals surface area contributed by atoms with Gasteiger partial charge in [-0.05, 0) is 58.3 Å². The third-order valence-corrected chi connectivity index (χ3v) is 6.37. The van der Waals surface area contributed by atoms with E-state index in [9.17, 15) is 19.5 Å². The van der Waals surface area contributed by atoms with Gasteiger partial charge in [0.1, 0.15) is 5.60 Å². The lowest BCUT2D eigenvalue weighted by Crippen LogP contribution is -2.55. The van der Waals surface area contributed by atoms with Crippen molar-refractivity contribution in [3.05, 3.63) is 0 Å². The molecule has 2 saturated heterocycles. The van der Waals surface area contributed by atoms with Crippen molar-refractivity contribution in [2.75, 3.05) is 39.9 Å². The van der Waals surface area contributed by atoms with E-state index < -0.39 is 17.0 Å². The Labute approximate surface area is 173 Å². The second-order valence-electron chi connectivity index (χ2n) is 9.21. The molecule has 8 nitrogen and oxygen atoms in total. The van der Waals surface area contributed by atoms with Crippen LogP contribution in [-0.4, -0.2) is 78.4 Å². The Morgan fingerprint density at radius 2 is 1.38 bits per heavy atom. The highest BCUT2D eigenvalue weighted by atomic mass is 16.6. The normalized spacial score (nSPS) is 21.4. The summed E-state index contributed by atoms with van der Waals surface area (Å²) in [6.45, 7) is 8.87. The number of piperidine rings is 2. The lowest BCUT2D eigenvalue weighted by Gasteiger charge is -2.48. The minimum Gasteiger partial charge on any atom is -0.469 e. The van der Waals surface area contributed by atoms with E-state index >= 15 is 0 Å². The van der Waals surface area contributed by atoms with Crippen LogP contribution in [0.2, 0.25) is 0 Å². The van der Waals surface area contributed by atoms with Crippen LogP contribution in [0, 0.1) is 17.3 Å². The SMILES string of the molecule is COC(=O)C(CO)(C1CCN(C(C)=O)CC1)C1CCN(C(=O)OC(C)(C)C)CC1. The summed E-state index contributed by atoms with van der Waals surface area (Å²) >= 11 is 0. The molecule has 0 aliphatic carbocycles. The van der Waals surface area contributed by atoms with Crippen molar-refractivity contribution in [1.82, 2.24) is 9.80 Å². The van der Waals surface area contributed by atoms with Gasteiger partial charge in [-0.2, -0.15) is 0 Å². The van der Waals surface area contributed by atoms with Crippen LogP contribution < -0.4 is 0 Å². The molecule has 0 aromatic rings. The van der Waals surface area contributed by atoms with Crippen molar-refractivity contribution in [2.24, 2.45) is 17.3 Å². The Bertz CT molecular complexity index is 601. The zero-order valence-corrected chi connectivity index (χ0v) is 18.4. The number of likely N-dealkylation sites (tertiary alicyclic amines) is 2. The van der Waals surface area contributed by atoms with Crippen molar-refractivity contribution >= 4 is 18.0 Å². The van der Waals surface area contributed by atoms with E-state index in [0.29, 0.717) is 51.9 Å². The van der Waals surface area contributed by atoms with Gasteiger partial charge in [0.25, 0.3) is 0 Å². The number of rotatable bonds is 4. The molecule has 1 unspecified atom stereocenters. The molecule has 0 radical (unpaired) electrons. The Morgan fingerprint density at radius 1 is 0.931 bits per heavy atom. The van der Waals surface area contributed by atoms with Crippen molar-refractivity contribution in [3.63, 3.8) is 0 Å². The van der Waals surface area contributed by atoms with Gasteiger partial charge in [0.2, 0.25) is 5.91 Å². The number of esters is 1. The molecule has 8 heteroatoms. The summed E-state index contributed by atoms with van der Waals surface area (Å²) in [5.41, 5.74) is -1.56. The van der Waals surface area contributed by atoms with Crippen LogP contribution in [0.4, 0.5) is 4.79 Å². The smallest absolute Gasteiger partial charge is 0.410 e. The highest BCUT2D eigenvalue weighted by Crippen LogP contribution is 2.46. The van der Waals surface area contributed by atoms with Crippen LogP contribution in [-0.2, 0) is 19.1 Å². The zero-order chi connectivity index (χ0) is 21.8. The van der Waals surface area contributed by atoms with Gasteiger partial charge in [0.05, 0.1) is 19.1 Å². The Kier molecular flexibility index (Phi) is 7.54. The second kappa shape index (κ2) is 9.32. The van der Waals surface area contributed by atoms with Crippen LogP contribution in [0.1, 0.15) is 53.4 Å². The van der Waals surface area contributed by atoms with Gasteiger partial charge in [-0.1, -0.05) is 0 Å². The predicted octanol–water partition coefficient (Wildman–Crippen LogP) is 2.04. The molecule has 29 heavy (non-hydrogen) atoms. The van der Waals surface area contributed by atoms with Gasteiger partial charge in [-0.25, -0.2) is 4.79 Å². The summed E-state index contributed by atoms with van der Waals surface area (Å²) in [6, 6.07) is 0. The number of nitrogens with zero attached hydrogens (tertiary/aromatic N) is 2. The molecule has 0 bridgehead atoms. The molecule has 2 aliphatic rings. The Hall–Kier alpha value is -1.83. The lowest BCUT2D eigenvalue weighted by atomic mass is 9.61. The first-order valence-corrected chi connectivity index (χ1v) is 10.5. The van der Waals surface area contributed by atoms with E-state index in [1.54, 1.807) is 16.7 Å². The molecular formula is C21H36N2O6. The van der Waals surface area contributed by atoms with Crippen LogP contribution in [0.25, 0.3) is 0 Å². The molecule has 2 fully saturated rings. The van der Waals surface area contributed by atoms with Gasteiger partial charge in [0, 0.05) is 33.1 Å². The van der Waals surface area contributed by atoms with E-state index in [2.05, 4.69) is 0 Å². The molecule has 0 spiro atoms. The van der Waals surface area contributed by atoms with E-state index in [1.165, 1.54) is 7.11 Å². The molecule has 2 amide bonds. The van der Waals surface area contributed by atoms with Crippen LogP contribution in [0.15, 0.2) is 0 Å². The number of carbonyl (C=O) groups excluding carboxylic acids is 3. The number of hydrogen-bond donors (Lipinski definition) is 1. The summed E-state index contributed by atoms with van der Waals surface area (Å²) in [5, 5.41) is 10.4. The number of hydrogen-bond acceptors (Lipinski definition) is 6. The average molecular weight is 413 g/mol. The minimum absolute atomic E-state index is 0.0294. The maximum atomic E-state index is 12.9. The molecule has 0 aromatic carbocycles. The van der Waals surface area contributed by atoms with E-state index in [1.807, 2.05) is 20.8 Å².